The highest BCUT2D eigenvalue weighted by Crippen LogP contribution is 2.31. The van der Waals surface area contributed by atoms with Gasteiger partial charge in [0.05, 0.1) is 27.7 Å². The molecular weight excluding hydrogens is 379 g/mol. The van der Waals surface area contributed by atoms with E-state index >= 15 is 0 Å². The number of nitrogens with one attached hydrogen (secondary N) is 1. The number of alkyl halides is 3. The number of nitrogens with zero attached hydrogens (tertiary/aromatic N) is 4. The second kappa shape index (κ2) is 7.47. The minimum absolute atomic E-state index is 0.103. The first kappa shape index (κ1) is 19.0. The summed E-state index contributed by atoms with van der Waals surface area (Å²) in [5, 5.41) is 14.5. The summed E-state index contributed by atoms with van der Waals surface area (Å²) >= 11 is 0. The van der Waals surface area contributed by atoms with Gasteiger partial charge in [0.2, 0.25) is 5.82 Å². The van der Waals surface area contributed by atoms with E-state index in [9.17, 15) is 28.1 Å². The third kappa shape index (κ3) is 3.98. The maximum atomic E-state index is 13.2. The van der Waals surface area contributed by atoms with E-state index in [2.05, 4.69) is 15.5 Å². The van der Waals surface area contributed by atoms with Gasteiger partial charge in [-0.1, -0.05) is 24.3 Å². The van der Waals surface area contributed by atoms with Gasteiger partial charge in [0.15, 0.2) is 0 Å². The molecule has 0 fully saturated rings. The number of halogens is 3. The molecule has 0 aliphatic rings. The van der Waals surface area contributed by atoms with E-state index < -0.39 is 29.4 Å². The monoisotopic (exact) mass is 391 g/mol. The number of amides is 1. The average Bonchev–Trinajstić information content (AvgIpc) is 3.01. The van der Waals surface area contributed by atoms with Crippen molar-refractivity contribution in [3.63, 3.8) is 0 Å². The van der Waals surface area contributed by atoms with Crippen LogP contribution in [0, 0.1) is 10.1 Å². The number of nitro groups is 1. The molecule has 3 rings (SSSR count). The molecule has 0 unspecified atom stereocenters. The molecule has 0 radical (unpaired) electrons. The fourth-order valence-corrected chi connectivity index (χ4v) is 2.57. The van der Waals surface area contributed by atoms with Crippen LogP contribution in [0.2, 0.25) is 0 Å². The maximum Gasteiger partial charge on any atom is 0.449 e. The van der Waals surface area contributed by atoms with E-state index in [1.54, 1.807) is 6.07 Å². The number of para-hydroxylation sites is 3. The number of hydrogen-bond donors (Lipinski definition) is 1. The summed E-state index contributed by atoms with van der Waals surface area (Å²) in [6.07, 6.45) is -3.69. The van der Waals surface area contributed by atoms with Crippen molar-refractivity contribution in [1.82, 2.24) is 15.0 Å². The van der Waals surface area contributed by atoms with Gasteiger partial charge in [-0.2, -0.15) is 18.3 Å². The number of rotatable bonds is 5. The number of hydrazone groups is 1. The summed E-state index contributed by atoms with van der Waals surface area (Å²) in [6, 6.07) is 11.6. The zero-order valence-electron chi connectivity index (χ0n) is 14.1. The SMILES string of the molecule is O=C(Cn1c(C(F)(F)F)nc2ccccc21)N/N=C/c1ccccc1[N+](=O)[O-]. The van der Waals surface area contributed by atoms with Crippen LogP contribution in [0.5, 0.6) is 0 Å². The molecular formula is C17H12F3N5O3. The van der Waals surface area contributed by atoms with Crippen LogP contribution in [0.3, 0.4) is 0 Å². The lowest BCUT2D eigenvalue weighted by Gasteiger charge is -2.10. The Morgan fingerprint density at radius 3 is 2.61 bits per heavy atom. The molecule has 0 atom stereocenters. The van der Waals surface area contributed by atoms with E-state index in [1.165, 1.54) is 42.5 Å². The van der Waals surface area contributed by atoms with Gasteiger partial charge in [-0.25, -0.2) is 10.4 Å². The third-order valence-corrected chi connectivity index (χ3v) is 3.74. The smallest absolute Gasteiger partial charge is 0.311 e. The van der Waals surface area contributed by atoms with E-state index in [1.807, 2.05) is 0 Å². The van der Waals surface area contributed by atoms with Crippen molar-refractivity contribution in [2.45, 2.75) is 12.7 Å². The second-order valence-corrected chi connectivity index (χ2v) is 5.62. The molecule has 0 aliphatic heterocycles. The number of aromatic nitrogens is 2. The standard InChI is InChI=1S/C17H12F3N5O3/c18-17(19,20)16-22-12-6-2-4-8-14(12)24(16)10-15(26)23-21-9-11-5-1-3-7-13(11)25(27)28/h1-9H,10H2,(H,23,26)/b21-9+. The van der Waals surface area contributed by atoms with Crippen molar-refractivity contribution in [2.24, 2.45) is 5.10 Å². The van der Waals surface area contributed by atoms with Gasteiger partial charge in [0.25, 0.3) is 11.6 Å². The quantitative estimate of drug-likeness (QED) is 0.410. The fourth-order valence-electron chi connectivity index (χ4n) is 2.57. The zero-order valence-corrected chi connectivity index (χ0v) is 14.1. The van der Waals surface area contributed by atoms with Crippen molar-refractivity contribution in [3.05, 3.63) is 70.0 Å². The Labute approximate surface area is 155 Å². The highest BCUT2D eigenvalue weighted by Gasteiger charge is 2.37. The predicted octanol–water partition coefficient (Wildman–Crippen LogP) is 3.11. The van der Waals surface area contributed by atoms with Crippen molar-refractivity contribution >= 4 is 28.8 Å². The van der Waals surface area contributed by atoms with E-state index in [0.29, 0.717) is 0 Å². The highest BCUT2D eigenvalue weighted by molar-refractivity contribution is 5.87. The Bertz CT molecular complexity index is 1080. The molecule has 0 aliphatic carbocycles. The van der Waals surface area contributed by atoms with Gasteiger partial charge in [-0.15, -0.1) is 0 Å². The lowest BCUT2D eigenvalue weighted by Crippen LogP contribution is -2.26. The minimum Gasteiger partial charge on any atom is -0.311 e. The predicted molar refractivity (Wildman–Crippen MR) is 93.6 cm³/mol. The van der Waals surface area contributed by atoms with Crippen LogP contribution in [-0.2, 0) is 17.5 Å². The number of imidazole rings is 1. The van der Waals surface area contributed by atoms with Gasteiger partial charge in [0, 0.05) is 6.07 Å². The maximum absolute atomic E-state index is 13.2. The first-order valence-corrected chi connectivity index (χ1v) is 7.85. The van der Waals surface area contributed by atoms with Crippen molar-refractivity contribution < 1.29 is 22.9 Å². The van der Waals surface area contributed by atoms with Crippen molar-refractivity contribution in [3.8, 4) is 0 Å². The topological polar surface area (TPSA) is 102 Å². The number of nitro benzene ring substituents is 1. The van der Waals surface area contributed by atoms with Crippen LogP contribution < -0.4 is 5.43 Å². The Hall–Kier alpha value is -3.76. The molecule has 0 bridgehead atoms. The van der Waals surface area contributed by atoms with Crippen LogP contribution in [-0.4, -0.2) is 26.6 Å². The zero-order chi connectivity index (χ0) is 20.3. The van der Waals surface area contributed by atoms with E-state index in [-0.39, 0.29) is 22.3 Å². The molecule has 0 saturated carbocycles. The molecule has 1 N–H and O–H groups in total. The van der Waals surface area contributed by atoms with Crippen molar-refractivity contribution in [2.75, 3.05) is 0 Å². The summed E-state index contributed by atoms with van der Waals surface area (Å²) < 4.78 is 40.4. The Morgan fingerprint density at radius 2 is 1.89 bits per heavy atom. The number of carbonyl (C=O) groups is 1. The largest absolute Gasteiger partial charge is 0.449 e. The van der Waals surface area contributed by atoms with Gasteiger partial charge in [-0.05, 0) is 18.2 Å². The molecule has 1 amide bonds. The lowest BCUT2D eigenvalue weighted by molar-refractivity contribution is -0.385. The molecule has 28 heavy (non-hydrogen) atoms. The minimum atomic E-state index is -4.74. The summed E-state index contributed by atoms with van der Waals surface area (Å²) in [4.78, 5) is 25.9. The molecule has 0 saturated heterocycles. The molecule has 1 aromatic heterocycles. The summed E-state index contributed by atoms with van der Waals surface area (Å²) in [6.45, 7) is -0.677. The van der Waals surface area contributed by atoms with Crippen LogP contribution >= 0.6 is 0 Å². The molecule has 1 heterocycles. The van der Waals surface area contributed by atoms with Gasteiger partial charge in [-0.3, -0.25) is 14.9 Å². The first-order chi connectivity index (χ1) is 13.3. The molecule has 11 heteroatoms. The van der Waals surface area contributed by atoms with Gasteiger partial charge in [0.1, 0.15) is 6.54 Å². The van der Waals surface area contributed by atoms with Crippen LogP contribution in [0.25, 0.3) is 11.0 Å². The molecule has 8 nitrogen and oxygen atoms in total. The fraction of sp³-hybridized carbons (Fsp3) is 0.118. The summed E-state index contributed by atoms with van der Waals surface area (Å²) in [5.74, 6) is -2.05. The number of benzene rings is 2. The van der Waals surface area contributed by atoms with E-state index in [0.717, 1.165) is 10.8 Å². The molecule has 0 spiro atoms. The van der Waals surface area contributed by atoms with Gasteiger partial charge < -0.3 is 4.57 Å². The third-order valence-electron chi connectivity index (χ3n) is 3.74. The summed E-state index contributed by atoms with van der Waals surface area (Å²) in [5.41, 5.74) is 2.23. The number of hydrogen-bond acceptors (Lipinski definition) is 5. The number of carbonyl (C=O) groups excluding carboxylic acids is 1. The molecule has 2 aromatic carbocycles. The highest BCUT2D eigenvalue weighted by atomic mass is 19.4. The Balaban J connectivity index is 1.80. The molecule has 144 valence electrons. The van der Waals surface area contributed by atoms with Crippen LogP contribution in [0.4, 0.5) is 18.9 Å². The normalized spacial score (nSPS) is 11.8. The lowest BCUT2D eigenvalue weighted by atomic mass is 10.2. The van der Waals surface area contributed by atoms with Crippen LogP contribution in [0.15, 0.2) is 53.6 Å². The van der Waals surface area contributed by atoms with Crippen LogP contribution in [0.1, 0.15) is 11.4 Å². The summed E-state index contributed by atoms with van der Waals surface area (Å²) in [7, 11) is 0. The Kier molecular flexibility index (Phi) is 5.07. The molecule has 3 aromatic rings. The van der Waals surface area contributed by atoms with E-state index in [4.69, 9.17) is 0 Å². The second-order valence-electron chi connectivity index (χ2n) is 5.62. The van der Waals surface area contributed by atoms with Crippen molar-refractivity contribution in [1.29, 1.82) is 0 Å². The van der Waals surface area contributed by atoms with Gasteiger partial charge >= 0.3 is 6.18 Å². The Morgan fingerprint density at radius 1 is 1.21 bits per heavy atom. The first-order valence-electron chi connectivity index (χ1n) is 7.85. The average molecular weight is 391 g/mol. The number of fused-ring (bicyclic) bond motifs is 1.